The van der Waals surface area contributed by atoms with Crippen LogP contribution in [-0.4, -0.2) is 19.3 Å². The highest BCUT2D eigenvalue weighted by molar-refractivity contribution is 5.25. The van der Waals surface area contributed by atoms with Gasteiger partial charge in [-0.15, -0.1) is 0 Å². The van der Waals surface area contributed by atoms with Gasteiger partial charge in [-0.05, 0) is 38.3 Å². The number of ether oxygens (including phenoxy) is 1. The van der Waals surface area contributed by atoms with E-state index in [0.717, 1.165) is 19.6 Å². The van der Waals surface area contributed by atoms with Gasteiger partial charge in [0, 0.05) is 12.6 Å². The number of nitrogens with one attached hydrogen (secondary N) is 1. The van der Waals surface area contributed by atoms with Crippen LogP contribution in [0.1, 0.15) is 43.4 Å². The molecule has 0 spiro atoms. The average Bonchev–Trinajstić information content (AvgIpc) is 2.81. The SMILES string of the molecule is CCNC(CC1CCCO1)c1cccc(C)c1. The van der Waals surface area contributed by atoms with Gasteiger partial charge in [0.1, 0.15) is 0 Å². The van der Waals surface area contributed by atoms with Crippen molar-refractivity contribution in [3.8, 4) is 0 Å². The fourth-order valence-electron chi connectivity index (χ4n) is 2.56. The summed E-state index contributed by atoms with van der Waals surface area (Å²) in [5.74, 6) is 0. The van der Waals surface area contributed by atoms with Crippen molar-refractivity contribution in [2.75, 3.05) is 13.2 Å². The molecule has 2 unspecified atom stereocenters. The van der Waals surface area contributed by atoms with Crippen LogP contribution < -0.4 is 5.32 Å². The van der Waals surface area contributed by atoms with Crippen molar-refractivity contribution in [1.29, 1.82) is 0 Å². The Labute approximate surface area is 104 Å². The molecule has 2 atom stereocenters. The lowest BCUT2D eigenvalue weighted by molar-refractivity contribution is 0.0947. The molecule has 2 nitrogen and oxygen atoms in total. The molecular weight excluding hydrogens is 210 g/mol. The lowest BCUT2D eigenvalue weighted by Gasteiger charge is -2.22. The molecule has 1 heterocycles. The number of hydrogen-bond acceptors (Lipinski definition) is 2. The molecule has 1 saturated heterocycles. The molecule has 0 bridgehead atoms. The zero-order valence-electron chi connectivity index (χ0n) is 10.9. The molecule has 1 aromatic rings. The number of aryl methyl sites for hydroxylation is 1. The molecule has 2 rings (SSSR count). The second-order valence-electron chi connectivity index (χ2n) is 4.90. The van der Waals surface area contributed by atoms with Crippen LogP contribution in [0.25, 0.3) is 0 Å². The van der Waals surface area contributed by atoms with E-state index in [1.54, 1.807) is 0 Å². The standard InChI is InChI=1S/C15H23NO/c1-3-16-15(11-14-8-5-9-17-14)13-7-4-6-12(2)10-13/h4,6-7,10,14-16H,3,5,8-9,11H2,1-2H3. The van der Waals surface area contributed by atoms with Gasteiger partial charge < -0.3 is 10.1 Å². The van der Waals surface area contributed by atoms with E-state index < -0.39 is 0 Å². The topological polar surface area (TPSA) is 21.3 Å². The summed E-state index contributed by atoms with van der Waals surface area (Å²) in [5.41, 5.74) is 2.72. The van der Waals surface area contributed by atoms with E-state index in [-0.39, 0.29) is 0 Å². The van der Waals surface area contributed by atoms with Crippen LogP contribution in [0.5, 0.6) is 0 Å². The van der Waals surface area contributed by atoms with Gasteiger partial charge in [-0.25, -0.2) is 0 Å². The zero-order valence-corrected chi connectivity index (χ0v) is 10.9. The first-order valence-corrected chi connectivity index (χ1v) is 6.71. The van der Waals surface area contributed by atoms with Crippen LogP contribution in [0.15, 0.2) is 24.3 Å². The molecule has 0 aliphatic carbocycles. The average molecular weight is 233 g/mol. The van der Waals surface area contributed by atoms with Crippen molar-refractivity contribution in [2.24, 2.45) is 0 Å². The maximum Gasteiger partial charge on any atom is 0.0594 e. The molecule has 1 aromatic carbocycles. The van der Waals surface area contributed by atoms with Crippen molar-refractivity contribution < 1.29 is 4.74 Å². The van der Waals surface area contributed by atoms with Gasteiger partial charge in [-0.1, -0.05) is 36.8 Å². The monoisotopic (exact) mass is 233 g/mol. The van der Waals surface area contributed by atoms with Gasteiger partial charge in [0.05, 0.1) is 6.10 Å². The fraction of sp³-hybridized carbons (Fsp3) is 0.600. The number of hydrogen-bond donors (Lipinski definition) is 1. The first kappa shape index (κ1) is 12.6. The minimum Gasteiger partial charge on any atom is -0.378 e. The minimum absolute atomic E-state index is 0.433. The molecule has 1 N–H and O–H groups in total. The fourth-order valence-corrected chi connectivity index (χ4v) is 2.56. The lowest BCUT2D eigenvalue weighted by atomic mass is 9.98. The Morgan fingerprint density at radius 1 is 1.47 bits per heavy atom. The second-order valence-corrected chi connectivity index (χ2v) is 4.90. The summed E-state index contributed by atoms with van der Waals surface area (Å²) < 4.78 is 5.74. The Bertz CT molecular complexity index is 345. The Morgan fingerprint density at radius 3 is 3.00 bits per heavy atom. The Balaban J connectivity index is 2.04. The third-order valence-electron chi connectivity index (χ3n) is 3.42. The molecule has 2 heteroatoms. The van der Waals surface area contributed by atoms with E-state index in [1.165, 1.54) is 24.0 Å². The third-order valence-corrected chi connectivity index (χ3v) is 3.42. The summed E-state index contributed by atoms with van der Waals surface area (Å²) in [6, 6.07) is 9.23. The van der Waals surface area contributed by atoms with Crippen molar-refractivity contribution >= 4 is 0 Å². The van der Waals surface area contributed by atoms with E-state index in [1.807, 2.05) is 0 Å². The van der Waals surface area contributed by atoms with Crippen molar-refractivity contribution in [3.63, 3.8) is 0 Å². The van der Waals surface area contributed by atoms with Crippen LogP contribution in [0, 0.1) is 6.92 Å². The predicted octanol–water partition coefficient (Wildman–Crippen LogP) is 3.21. The summed E-state index contributed by atoms with van der Waals surface area (Å²) in [5, 5.41) is 3.57. The van der Waals surface area contributed by atoms with Gasteiger partial charge in [-0.2, -0.15) is 0 Å². The summed E-state index contributed by atoms with van der Waals surface area (Å²) in [4.78, 5) is 0. The van der Waals surface area contributed by atoms with Gasteiger partial charge in [0.25, 0.3) is 0 Å². The molecule has 17 heavy (non-hydrogen) atoms. The van der Waals surface area contributed by atoms with Gasteiger partial charge in [0.15, 0.2) is 0 Å². The van der Waals surface area contributed by atoms with Crippen molar-refractivity contribution in [2.45, 2.75) is 45.3 Å². The van der Waals surface area contributed by atoms with Gasteiger partial charge >= 0.3 is 0 Å². The Hall–Kier alpha value is -0.860. The smallest absolute Gasteiger partial charge is 0.0594 e. The van der Waals surface area contributed by atoms with Gasteiger partial charge in [-0.3, -0.25) is 0 Å². The maximum atomic E-state index is 5.74. The molecule has 0 amide bonds. The highest BCUT2D eigenvalue weighted by Gasteiger charge is 2.21. The molecule has 0 saturated carbocycles. The number of rotatable bonds is 5. The van der Waals surface area contributed by atoms with Crippen LogP contribution >= 0.6 is 0 Å². The van der Waals surface area contributed by atoms with Crippen LogP contribution in [0.4, 0.5) is 0 Å². The predicted molar refractivity (Wildman–Crippen MR) is 71.2 cm³/mol. The normalized spacial score (nSPS) is 21.6. The first-order chi connectivity index (χ1) is 8.29. The van der Waals surface area contributed by atoms with Crippen LogP contribution in [0.2, 0.25) is 0 Å². The molecule has 1 aliphatic rings. The third kappa shape index (κ3) is 3.55. The Morgan fingerprint density at radius 2 is 2.35 bits per heavy atom. The summed E-state index contributed by atoms with van der Waals surface area (Å²) >= 11 is 0. The molecule has 1 fully saturated rings. The summed E-state index contributed by atoms with van der Waals surface area (Å²) in [7, 11) is 0. The second kappa shape index (κ2) is 6.18. The summed E-state index contributed by atoms with van der Waals surface area (Å²) in [6.45, 7) is 6.26. The summed E-state index contributed by atoms with van der Waals surface area (Å²) in [6.07, 6.45) is 3.97. The van der Waals surface area contributed by atoms with E-state index in [9.17, 15) is 0 Å². The minimum atomic E-state index is 0.433. The van der Waals surface area contributed by atoms with E-state index in [0.29, 0.717) is 12.1 Å². The quantitative estimate of drug-likeness (QED) is 0.843. The van der Waals surface area contributed by atoms with Crippen molar-refractivity contribution in [1.82, 2.24) is 5.32 Å². The molecule has 1 aliphatic heterocycles. The largest absolute Gasteiger partial charge is 0.378 e. The van der Waals surface area contributed by atoms with Crippen molar-refractivity contribution in [3.05, 3.63) is 35.4 Å². The van der Waals surface area contributed by atoms with Crippen LogP contribution in [-0.2, 0) is 4.74 Å². The lowest BCUT2D eigenvalue weighted by Crippen LogP contribution is -2.25. The van der Waals surface area contributed by atoms with Crippen LogP contribution in [0.3, 0.4) is 0 Å². The molecule has 0 radical (unpaired) electrons. The number of benzene rings is 1. The first-order valence-electron chi connectivity index (χ1n) is 6.71. The maximum absolute atomic E-state index is 5.74. The zero-order chi connectivity index (χ0) is 12.1. The molecule has 94 valence electrons. The highest BCUT2D eigenvalue weighted by Crippen LogP contribution is 2.25. The van der Waals surface area contributed by atoms with E-state index in [2.05, 4.69) is 43.4 Å². The van der Waals surface area contributed by atoms with Gasteiger partial charge in [0.2, 0.25) is 0 Å². The molecule has 0 aromatic heterocycles. The highest BCUT2D eigenvalue weighted by atomic mass is 16.5. The Kier molecular flexibility index (Phi) is 4.57. The van der Waals surface area contributed by atoms with E-state index >= 15 is 0 Å². The molecular formula is C15H23NO. The van der Waals surface area contributed by atoms with E-state index in [4.69, 9.17) is 4.74 Å².